The highest BCUT2D eigenvalue weighted by molar-refractivity contribution is 6.02. The number of aryl methyl sites for hydroxylation is 1. The molecule has 2 aromatic rings. The second-order valence-corrected chi connectivity index (χ2v) is 4.76. The Morgan fingerprint density at radius 1 is 1.19 bits per heavy atom. The zero-order valence-electron chi connectivity index (χ0n) is 11.7. The molecule has 21 heavy (non-hydrogen) atoms. The molecule has 1 heterocycles. The summed E-state index contributed by atoms with van der Waals surface area (Å²) >= 11 is 0. The highest BCUT2D eigenvalue weighted by atomic mass is 16.7. The molecule has 0 saturated heterocycles. The molecular weight excluding hydrogens is 270 g/mol. The maximum absolute atomic E-state index is 11.9. The van der Waals surface area contributed by atoms with Crippen molar-refractivity contribution in [3.8, 4) is 5.75 Å². The van der Waals surface area contributed by atoms with Crippen LogP contribution in [0.2, 0.25) is 0 Å². The van der Waals surface area contributed by atoms with Crippen molar-refractivity contribution in [3.63, 3.8) is 0 Å². The molecule has 5 nitrogen and oxygen atoms in total. The van der Waals surface area contributed by atoms with Crippen LogP contribution in [0.4, 0.5) is 0 Å². The minimum Gasteiger partial charge on any atom is -0.497 e. The Kier molecular flexibility index (Phi) is 3.73. The zero-order valence-corrected chi connectivity index (χ0v) is 11.7. The predicted molar refractivity (Wildman–Crippen MR) is 76.6 cm³/mol. The van der Waals surface area contributed by atoms with Crippen molar-refractivity contribution in [2.24, 2.45) is 5.16 Å². The second-order valence-electron chi connectivity index (χ2n) is 4.76. The molecule has 0 spiro atoms. The molecule has 0 atom stereocenters. The van der Waals surface area contributed by atoms with Crippen LogP contribution in [0, 0.1) is 0 Å². The van der Waals surface area contributed by atoms with E-state index in [1.807, 2.05) is 6.07 Å². The smallest absolute Gasteiger partial charge is 0.365 e. The molecule has 5 heteroatoms. The van der Waals surface area contributed by atoms with Crippen molar-refractivity contribution < 1.29 is 18.8 Å². The van der Waals surface area contributed by atoms with E-state index < -0.39 is 5.97 Å². The number of hydrogen-bond acceptors (Lipinski definition) is 5. The molecule has 0 unspecified atom stereocenters. The number of oxime groups is 1. The summed E-state index contributed by atoms with van der Waals surface area (Å²) in [5, 5.41) is 3.99. The molecule has 0 bridgehead atoms. The molecule has 0 aliphatic heterocycles. The Hall–Kier alpha value is -2.56. The molecule has 1 aromatic carbocycles. The standard InChI is InChI=1S/C16H15NO4/c1-19-12-7-5-11(6-8-12)16(18)21-17-14-3-2-4-15-13(14)9-10-20-15/h5-10H,2-4H2,1H3/b17-14-. The van der Waals surface area contributed by atoms with E-state index in [0.717, 1.165) is 36.3 Å². The Morgan fingerprint density at radius 3 is 2.76 bits per heavy atom. The molecule has 0 fully saturated rings. The number of ether oxygens (including phenoxy) is 1. The highest BCUT2D eigenvalue weighted by Crippen LogP contribution is 2.23. The average Bonchev–Trinajstić information content (AvgIpc) is 3.02. The lowest BCUT2D eigenvalue weighted by atomic mass is 9.97. The van der Waals surface area contributed by atoms with Crippen LogP contribution in [-0.4, -0.2) is 18.8 Å². The van der Waals surface area contributed by atoms with Crippen molar-refractivity contribution in [1.82, 2.24) is 0 Å². The van der Waals surface area contributed by atoms with Crippen LogP contribution in [0.1, 0.15) is 34.5 Å². The van der Waals surface area contributed by atoms with Gasteiger partial charge in [-0.2, -0.15) is 0 Å². The third-order valence-electron chi connectivity index (χ3n) is 3.44. The third kappa shape index (κ3) is 2.81. The minimum absolute atomic E-state index is 0.434. The SMILES string of the molecule is COc1ccc(C(=O)O/N=C2/CCCc3occc32)cc1. The summed E-state index contributed by atoms with van der Waals surface area (Å²) < 4.78 is 10.4. The van der Waals surface area contributed by atoms with E-state index in [4.69, 9.17) is 14.0 Å². The molecule has 0 N–H and O–H groups in total. The van der Waals surface area contributed by atoms with Gasteiger partial charge in [0.25, 0.3) is 0 Å². The molecule has 0 amide bonds. The van der Waals surface area contributed by atoms with Crippen LogP contribution in [0.25, 0.3) is 0 Å². The van der Waals surface area contributed by atoms with Gasteiger partial charge in [0.2, 0.25) is 0 Å². The van der Waals surface area contributed by atoms with E-state index in [9.17, 15) is 4.79 Å². The summed E-state index contributed by atoms with van der Waals surface area (Å²) in [6, 6.07) is 8.56. The van der Waals surface area contributed by atoms with Crippen LogP contribution in [-0.2, 0) is 11.3 Å². The van der Waals surface area contributed by atoms with Gasteiger partial charge in [0.1, 0.15) is 11.5 Å². The summed E-state index contributed by atoms with van der Waals surface area (Å²) in [6.07, 6.45) is 4.26. The molecule has 1 aliphatic carbocycles. The van der Waals surface area contributed by atoms with Crippen molar-refractivity contribution in [3.05, 3.63) is 53.5 Å². The van der Waals surface area contributed by atoms with Crippen molar-refractivity contribution in [2.75, 3.05) is 7.11 Å². The lowest BCUT2D eigenvalue weighted by Gasteiger charge is -2.11. The first-order chi connectivity index (χ1) is 10.3. The summed E-state index contributed by atoms with van der Waals surface area (Å²) in [5.74, 6) is 1.11. The first-order valence-electron chi connectivity index (χ1n) is 6.77. The van der Waals surface area contributed by atoms with Gasteiger partial charge in [-0.05, 0) is 43.2 Å². The third-order valence-corrected chi connectivity index (χ3v) is 3.44. The van der Waals surface area contributed by atoms with Crippen LogP contribution in [0.5, 0.6) is 5.75 Å². The topological polar surface area (TPSA) is 61.0 Å². The van der Waals surface area contributed by atoms with Gasteiger partial charge in [-0.25, -0.2) is 4.79 Å². The largest absolute Gasteiger partial charge is 0.497 e. The number of carbonyl (C=O) groups excluding carboxylic acids is 1. The fourth-order valence-electron chi connectivity index (χ4n) is 2.31. The maximum Gasteiger partial charge on any atom is 0.365 e. The molecule has 0 radical (unpaired) electrons. The Labute approximate surface area is 122 Å². The van der Waals surface area contributed by atoms with Crippen molar-refractivity contribution in [2.45, 2.75) is 19.3 Å². The van der Waals surface area contributed by atoms with Gasteiger partial charge in [0.15, 0.2) is 0 Å². The molecule has 1 aliphatic rings. The minimum atomic E-state index is -0.485. The number of rotatable bonds is 3. The van der Waals surface area contributed by atoms with Gasteiger partial charge in [-0.1, -0.05) is 5.16 Å². The lowest BCUT2D eigenvalue weighted by molar-refractivity contribution is 0.0515. The van der Waals surface area contributed by atoms with Gasteiger partial charge < -0.3 is 14.0 Å². The Morgan fingerprint density at radius 2 is 2.00 bits per heavy atom. The van der Waals surface area contributed by atoms with Gasteiger partial charge in [0, 0.05) is 12.0 Å². The Bertz CT molecular complexity index is 670. The van der Waals surface area contributed by atoms with Crippen LogP contribution in [0.3, 0.4) is 0 Å². The van der Waals surface area contributed by atoms with Crippen LogP contribution < -0.4 is 4.74 Å². The maximum atomic E-state index is 11.9. The van der Waals surface area contributed by atoms with Gasteiger partial charge in [-0.15, -0.1) is 0 Å². The molecular formula is C16H15NO4. The number of methoxy groups -OCH3 is 1. The van der Waals surface area contributed by atoms with Crippen molar-refractivity contribution >= 4 is 11.7 Å². The van der Waals surface area contributed by atoms with E-state index in [1.54, 1.807) is 37.6 Å². The Balaban J connectivity index is 1.72. The van der Waals surface area contributed by atoms with E-state index >= 15 is 0 Å². The van der Waals surface area contributed by atoms with E-state index in [-0.39, 0.29) is 0 Å². The number of carbonyl (C=O) groups is 1. The fraction of sp³-hybridized carbons (Fsp3) is 0.250. The monoisotopic (exact) mass is 285 g/mol. The zero-order chi connectivity index (χ0) is 14.7. The lowest BCUT2D eigenvalue weighted by Crippen LogP contribution is -2.11. The number of fused-ring (bicyclic) bond motifs is 1. The van der Waals surface area contributed by atoms with E-state index in [1.165, 1.54) is 0 Å². The first kappa shape index (κ1) is 13.4. The summed E-state index contributed by atoms with van der Waals surface area (Å²) in [4.78, 5) is 17.0. The van der Waals surface area contributed by atoms with E-state index in [2.05, 4.69) is 5.16 Å². The summed E-state index contributed by atoms with van der Waals surface area (Å²) in [5.41, 5.74) is 2.12. The average molecular weight is 285 g/mol. The number of benzene rings is 1. The number of nitrogens with zero attached hydrogens (tertiary/aromatic N) is 1. The van der Waals surface area contributed by atoms with Gasteiger partial charge in [-0.3, -0.25) is 0 Å². The molecule has 108 valence electrons. The predicted octanol–water partition coefficient (Wildman–Crippen LogP) is 3.19. The first-order valence-corrected chi connectivity index (χ1v) is 6.77. The van der Waals surface area contributed by atoms with E-state index in [0.29, 0.717) is 11.3 Å². The number of hydrogen-bond donors (Lipinski definition) is 0. The number of furan rings is 1. The second kappa shape index (κ2) is 5.83. The summed E-state index contributed by atoms with van der Waals surface area (Å²) in [6.45, 7) is 0. The molecule has 1 aromatic heterocycles. The highest BCUT2D eigenvalue weighted by Gasteiger charge is 2.19. The van der Waals surface area contributed by atoms with Gasteiger partial charge >= 0.3 is 5.97 Å². The van der Waals surface area contributed by atoms with Crippen LogP contribution >= 0.6 is 0 Å². The quantitative estimate of drug-likeness (QED) is 0.642. The van der Waals surface area contributed by atoms with Gasteiger partial charge in [0.05, 0.1) is 24.6 Å². The molecule has 3 rings (SSSR count). The summed E-state index contributed by atoms with van der Waals surface area (Å²) in [7, 11) is 1.57. The fourth-order valence-corrected chi connectivity index (χ4v) is 2.31. The molecule has 0 saturated carbocycles. The van der Waals surface area contributed by atoms with Crippen molar-refractivity contribution in [1.29, 1.82) is 0 Å². The normalized spacial score (nSPS) is 15.6. The van der Waals surface area contributed by atoms with Crippen LogP contribution in [0.15, 0.2) is 46.2 Å².